The number of hydrogen-bond acceptors (Lipinski definition) is 2. The van der Waals surface area contributed by atoms with Crippen LogP contribution in [0.5, 0.6) is 0 Å². The molecule has 2 atom stereocenters. The summed E-state index contributed by atoms with van der Waals surface area (Å²) in [6.07, 6.45) is -0.774. The lowest BCUT2D eigenvalue weighted by Crippen LogP contribution is -2.32. The number of rotatable bonds is 1. The third kappa shape index (κ3) is 1.30. The van der Waals surface area contributed by atoms with E-state index in [1.165, 1.54) is 0 Å². The van der Waals surface area contributed by atoms with Crippen molar-refractivity contribution in [3.05, 3.63) is 71.3 Å². The Morgan fingerprint density at radius 3 is 2.28 bits per heavy atom. The fourth-order valence-electron chi connectivity index (χ4n) is 2.73. The van der Waals surface area contributed by atoms with Crippen LogP contribution < -0.4 is 0 Å². The molecule has 1 N–H and O–H groups in total. The van der Waals surface area contributed by atoms with E-state index in [0.717, 1.165) is 11.1 Å². The van der Waals surface area contributed by atoms with E-state index in [9.17, 15) is 9.90 Å². The molecule has 0 amide bonds. The van der Waals surface area contributed by atoms with Crippen LogP contribution in [-0.4, -0.2) is 10.9 Å². The summed E-state index contributed by atoms with van der Waals surface area (Å²) in [5.41, 5.74) is 1.36. The standard InChI is InChI=1S/C16H14O2/c1-16(11-7-3-2-4-8-11)14(17)12-9-5-6-10-13(12)15(16)18/h2-10,14,17H,1H3/t14-,16+/m0/s1. The van der Waals surface area contributed by atoms with Crippen LogP contribution in [0, 0.1) is 0 Å². The molecule has 2 nitrogen and oxygen atoms in total. The largest absolute Gasteiger partial charge is 0.387 e. The van der Waals surface area contributed by atoms with Crippen LogP contribution in [0.25, 0.3) is 0 Å². The molecule has 0 heterocycles. The van der Waals surface area contributed by atoms with E-state index in [-0.39, 0.29) is 5.78 Å². The average molecular weight is 238 g/mol. The van der Waals surface area contributed by atoms with Gasteiger partial charge in [-0.15, -0.1) is 0 Å². The first-order valence-corrected chi connectivity index (χ1v) is 6.03. The maximum atomic E-state index is 12.6. The van der Waals surface area contributed by atoms with Crippen LogP contribution in [0.2, 0.25) is 0 Å². The third-order valence-corrected chi connectivity index (χ3v) is 3.89. The van der Waals surface area contributed by atoms with Crippen molar-refractivity contribution in [3.8, 4) is 0 Å². The highest BCUT2D eigenvalue weighted by Gasteiger charge is 2.49. The first-order valence-electron chi connectivity index (χ1n) is 6.03. The van der Waals surface area contributed by atoms with Crippen molar-refractivity contribution < 1.29 is 9.90 Å². The lowest BCUT2D eigenvalue weighted by molar-refractivity contribution is 0.0684. The van der Waals surface area contributed by atoms with Gasteiger partial charge in [0.15, 0.2) is 5.78 Å². The number of hydrogen-bond donors (Lipinski definition) is 1. The van der Waals surface area contributed by atoms with Crippen molar-refractivity contribution in [2.45, 2.75) is 18.4 Å². The van der Waals surface area contributed by atoms with E-state index in [2.05, 4.69) is 0 Å². The van der Waals surface area contributed by atoms with Crippen molar-refractivity contribution in [1.29, 1.82) is 0 Å². The highest BCUT2D eigenvalue weighted by Crippen LogP contribution is 2.46. The fourth-order valence-corrected chi connectivity index (χ4v) is 2.73. The van der Waals surface area contributed by atoms with Gasteiger partial charge in [-0.3, -0.25) is 4.79 Å². The molecule has 0 fully saturated rings. The molecule has 0 unspecified atom stereocenters. The number of benzene rings is 2. The predicted molar refractivity (Wildman–Crippen MR) is 69.5 cm³/mol. The van der Waals surface area contributed by atoms with Crippen LogP contribution >= 0.6 is 0 Å². The summed E-state index contributed by atoms with van der Waals surface area (Å²) in [4.78, 5) is 12.6. The van der Waals surface area contributed by atoms with Crippen molar-refractivity contribution in [3.63, 3.8) is 0 Å². The molecule has 0 aliphatic heterocycles. The highest BCUT2D eigenvalue weighted by molar-refractivity contribution is 6.08. The van der Waals surface area contributed by atoms with Gasteiger partial charge >= 0.3 is 0 Å². The molecule has 2 heteroatoms. The SMILES string of the molecule is C[C@]1(c2ccccc2)C(=O)c2ccccc2[C@@H]1O. The van der Waals surface area contributed by atoms with E-state index < -0.39 is 11.5 Å². The van der Waals surface area contributed by atoms with E-state index in [0.29, 0.717) is 5.56 Å². The van der Waals surface area contributed by atoms with Crippen LogP contribution in [0.1, 0.15) is 34.5 Å². The highest BCUT2D eigenvalue weighted by atomic mass is 16.3. The van der Waals surface area contributed by atoms with Gasteiger partial charge in [-0.2, -0.15) is 0 Å². The minimum absolute atomic E-state index is 0.00296. The quantitative estimate of drug-likeness (QED) is 0.829. The summed E-state index contributed by atoms with van der Waals surface area (Å²) in [6.45, 7) is 1.81. The van der Waals surface area contributed by atoms with Crippen molar-refractivity contribution >= 4 is 5.78 Å². The second-order valence-electron chi connectivity index (χ2n) is 4.89. The lowest BCUT2D eigenvalue weighted by atomic mass is 9.77. The minimum atomic E-state index is -0.870. The minimum Gasteiger partial charge on any atom is -0.387 e. The zero-order valence-corrected chi connectivity index (χ0v) is 10.1. The molecule has 90 valence electrons. The molecule has 0 bridgehead atoms. The fraction of sp³-hybridized carbons (Fsp3) is 0.188. The molecule has 1 aliphatic rings. The van der Waals surface area contributed by atoms with Crippen LogP contribution in [0.15, 0.2) is 54.6 Å². The van der Waals surface area contributed by atoms with Gasteiger partial charge in [-0.1, -0.05) is 54.6 Å². The Morgan fingerprint density at radius 1 is 1.00 bits per heavy atom. The Morgan fingerprint density at radius 2 is 1.61 bits per heavy atom. The molecule has 0 spiro atoms. The number of carbonyl (C=O) groups excluding carboxylic acids is 1. The molecule has 1 aliphatic carbocycles. The molecule has 2 aromatic carbocycles. The Balaban J connectivity index is 2.20. The number of aliphatic hydroxyl groups excluding tert-OH is 1. The van der Waals surface area contributed by atoms with Crippen molar-refractivity contribution in [2.24, 2.45) is 0 Å². The third-order valence-electron chi connectivity index (χ3n) is 3.89. The van der Waals surface area contributed by atoms with Gasteiger partial charge in [-0.05, 0) is 18.1 Å². The molecular formula is C16H14O2. The van der Waals surface area contributed by atoms with E-state index in [1.807, 2.05) is 55.5 Å². The number of ketones is 1. The molecule has 3 rings (SSSR count). The van der Waals surface area contributed by atoms with Gasteiger partial charge in [0.25, 0.3) is 0 Å². The van der Waals surface area contributed by atoms with E-state index >= 15 is 0 Å². The smallest absolute Gasteiger partial charge is 0.176 e. The predicted octanol–water partition coefficient (Wildman–Crippen LogP) is 2.87. The molecule has 2 aromatic rings. The Kier molecular flexibility index (Phi) is 2.35. The Hall–Kier alpha value is -1.93. The van der Waals surface area contributed by atoms with E-state index in [1.54, 1.807) is 6.07 Å². The Bertz CT molecular complexity index is 604. The normalized spacial score (nSPS) is 26.1. The van der Waals surface area contributed by atoms with Gasteiger partial charge in [0.1, 0.15) is 0 Å². The van der Waals surface area contributed by atoms with Gasteiger partial charge in [0.05, 0.1) is 11.5 Å². The number of aliphatic hydroxyl groups is 1. The molecular weight excluding hydrogens is 224 g/mol. The molecule has 0 saturated heterocycles. The lowest BCUT2D eigenvalue weighted by Gasteiger charge is -2.27. The zero-order valence-electron chi connectivity index (χ0n) is 10.1. The maximum absolute atomic E-state index is 12.6. The Labute approximate surface area is 106 Å². The number of carbonyl (C=O) groups is 1. The van der Waals surface area contributed by atoms with Gasteiger partial charge in [-0.25, -0.2) is 0 Å². The first kappa shape index (κ1) is 11.2. The van der Waals surface area contributed by atoms with Gasteiger partial charge in [0.2, 0.25) is 0 Å². The molecule has 0 saturated carbocycles. The topological polar surface area (TPSA) is 37.3 Å². The van der Waals surface area contributed by atoms with Gasteiger partial charge in [0, 0.05) is 5.56 Å². The summed E-state index contributed by atoms with van der Waals surface area (Å²) in [5.74, 6) is -0.00296. The van der Waals surface area contributed by atoms with Crippen LogP contribution in [-0.2, 0) is 5.41 Å². The first-order chi connectivity index (χ1) is 8.65. The number of Topliss-reactive ketones (excluding diaryl/α,β-unsaturated/α-hetero) is 1. The van der Waals surface area contributed by atoms with E-state index in [4.69, 9.17) is 0 Å². The summed E-state index contributed by atoms with van der Waals surface area (Å²) in [5, 5.41) is 10.5. The molecule has 18 heavy (non-hydrogen) atoms. The van der Waals surface area contributed by atoms with Crippen LogP contribution in [0.4, 0.5) is 0 Å². The second kappa shape index (κ2) is 3.79. The molecule has 0 radical (unpaired) electrons. The number of fused-ring (bicyclic) bond motifs is 1. The monoisotopic (exact) mass is 238 g/mol. The summed E-state index contributed by atoms with van der Waals surface area (Å²) < 4.78 is 0. The summed E-state index contributed by atoms with van der Waals surface area (Å²) >= 11 is 0. The summed E-state index contributed by atoms with van der Waals surface area (Å²) in [7, 11) is 0. The van der Waals surface area contributed by atoms with Crippen molar-refractivity contribution in [2.75, 3.05) is 0 Å². The van der Waals surface area contributed by atoms with Crippen molar-refractivity contribution in [1.82, 2.24) is 0 Å². The zero-order chi connectivity index (χ0) is 12.8. The van der Waals surface area contributed by atoms with Gasteiger partial charge < -0.3 is 5.11 Å². The van der Waals surface area contributed by atoms with Crippen LogP contribution in [0.3, 0.4) is 0 Å². The molecule has 0 aromatic heterocycles. The maximum Gasteiger partial charge on any atom is 0.176 e. The summed E-state index contributed by atoms with van der Waals surface area (Å²) in [6, 6.07) is 16.8. The second-order valence-corrected chi connectivity index (χ2v) is 4.89. The average Bonchev–Trinajstić information content (AvgIpc) is 2.64.